The molecule has 2 saturated heterocycles. The van der Waals surface area contributed by atoms with Gasteiger partial charge in [-0.25, -0.2) is 0 Å². The van der Waals surface area contributed by atoms with Crippen molar-refractivity contribution in [3.8, 4) is 5.75 Å². The highest BCUT2D eigenvalue weighted by molar-refractivity contribution is 5.16. The standard InChI is InChI=1S/C17H20N2O3/c1-3-14(10-18-6-1)22-16-9-17(21-12-16)5-7-19(13-17)11-15-4-2-8-20-15/h1-4,6,8,10,16H,5,7,9,11-13H2/t16-,17-/m1/s1. The molecule has 5 heteroatoms. The first-order valence-electron chi connectivity index (χ1n) is 7.77. The minimum Gasteiger partial charge on any atom is -0.486 e. The number of ether oxygens (including phenoxy) is 2. The molecule has 22 heavy (non-hydrogen) atoms. The van der Waals surface area contributed by atoms with Crippen molar-refractivity contribution in [2.24, 2.45) is 0 Å². The van der Waals surface area contributed by atoms with Gasteiger partial charge in [0.15, 0.2) is 0 Å². The summed E-state index contributed by atoms with van der Waals surface area (Å²) < 4.78 is 17.5. The van der Waals surface area contributed by atoms with E-state index in [0.717, 1.165) is 44.0 Å². The molecule has 0 bridgehead atoms. The fourth-order valence-electron chi connectivity index (χ4n) is 3.46. The fourth-order valence-corrected chi connectivity index (χ4v) is 3.46. The molecule has 2 aliphatic rings. The smallest absolute Gasteiger partial charge is 0.138 e. The van der Waals surface area contributed by atoms with Crippen molar-refractivity contribution in [2.75, 3.05) is 19.7 Å². The molecule has 0 amide bonds. The van der Waals surface area contributed by atoms with Crippen molar-refractivity contribution < 1.29 is 13.9 Å². The maximum atomic E-state index is 6.12. The van der Waals surface area contributed by atoms with Crippen LogP contribution in [0.15, 0.2) is 47.3 Å². The molecule has 0 N–H and O–H groups in total. The molecule has 0 unspecified atom stereocenters. The molecule has 4 rings (SSSR count). The molecular formula is C17H20N2O3. The number of likely N-dealkylation sites (tertiary alicyclic amines) is 1. The molecule has 4 heterocycles. The van der Waals surface area contributed by atoms with Crippen LogP contribution in [0.2, 0.25) is 0 Å². The summed E-state index contributed by atoms with van der Waals surface area (Å²) in [7, 11) is 0. The van der Waals surface area contributed by atoms with Gasteiger partial charge in [-0.05, 0) is 30.7 Å². The van der Waals surface area contributed by atoms with Crippen molar-refractivity contribution in [1.82, 2.24) is 9.88 Å². The first-order valence-corrected chi connectivity index (χ1v) is 7.77. The van der Waals surface area contributed by atoms with E-state index in [9.17, 15) is 0 Å². The van der Waals surface area contributed by atoms with E-state index < -0.39 is 0 Å². The van der Waals surface area contributed by atoms with Crippen LogP contribution >= 0.6 is 0 Å². The second-order valence-corrected chi connectivity index (χ2v) is 6.17. The highest BCUT2D eigenvalue weighted by atomic mass is 16.6. The average molecular weight is 300 g/mol. The monoisotopic (exact) mass is 300 g/mol. The Hall–Kier alpha value is -1.85. The average Bonchev–Trinajstić information content (AvgIpc) is 3.25. The number of hydrogen-bond donors (Lipinski definition) is 0. The lowest BCUT2D eigenvalue weighted by molar-refractivity contribution is 0.00894. The van der Waals surface area contributed by atoms with Gasteiger partial charge in [-0.2, -0.15) is 0 Å². The summed E-state index contributed by atoms with van der Waals surface area (Å²) in [5, 5.41) is 0. The van der Waals surface area contributed by atoms with Gasteiger partial charge in [-0.15, -0.1) is 0 Å². The topological polar surface area (TPSA) is 47.7 Å². The molecule has 0 aromatic carbocycles. The van der Waals surface area contributed by atoms with Crippen LogP contribution in [0.4, 0.5) is 0 Å². The van der Waals surface area contributed by atoms with E-state index in [4.69, 9.17) is 13.9 Å². The van der Waals surface area contributed by atoms with Gasteiger partial charge in [0.25, 0.3) is 0 Å². The van der Waals surface area contributed by atoms with Gasteiger partial charge in [-0.1, -0.05) is 0 Å². The van der Waals surface area contributed by atoms with E-state index in [1.165, 1.54) is 0 Å². The summed E-state index contributed by atoms with van der Waals surface area (Å²) in [5.74, 6) is 1.83. The predicted molar refractivity (Wildman–Crippen MR) is 80.6 cm³/mol. The van der Waals surface area contributed by atoms with Crippen molar-refractivity contribution >= 4 is 0 Å². The summed E-state index contributed by atoms with van der Waals surface area (Å²) in [6.07, 6.45) is 7.35. The first-order chi connectivity index (χ1) is 10.8. The maximum Gasteiger partial charge on any atom is 0.138 e. The highest BCUT2D eigenvalue weighted by Gasteiger charge is 2.46. The molecule has 5 nitrogen and oxygen atoms in total. The number of furan rings is 1. The Labute approximate surface area is 129 Å². The number of nitrogens with zero attached hydrogens (tertiary/aromatic N) is 2. The van der Waals surface area contributed by atoms with Crippen LogP contribution in [0.1, 0.15) is 18.6 Å². The van der Waals surface area contributed by atoms with Crippen LogP contribution in [0.25, 0.3) is 0 Å². The molecule has 2 aromatic rings. The molecule has 116 valence electrons. The SMILES string of the molecule is c1cncc(O[C@H]2CO[C@]3(CCN(Cc4ccco4)C3)C2)c1. The van der Waals surface area contributed by atoms with Gasteiger partial charge in [0, 0.05) is 25.7 Å². The van der Waals surface area contributed by atoms with Crippen LogP contribution in [0.3, 0.4) is 0 Å². The third kappa shape index (κ3) is 2.87. The summed E-state index contributed by atoms with van der Waals surface area (Å²) in [5.41, 5.74) is -0.0561. The van der Waals surface area contributed by atoms with E-state index in [-0.39, 0.29) is 11.7 Å². The molecule has 2 aromatic heterocycles. The lowest BCUT2D eigenvalue weighted by Crippen LogP contribution is -2.33. The van der Waals surface area contributed by atoms with E-state index in [1.807, 2.05) is 24.3 Å². The van der Waals surface area contributed by atoms with E-state index in [2.05, 4.69) is 9.88 Å². The number of hydrogen-bond acceptors (Lipinski definition) is 5. The lowest BCUT2D eigenvalue weighted by atomic mass is 9.98. The molecule has 2 atom stereocenters. The van der Waals surface area contributed by atoms with Gasteiger partial charge in [-0.3, -0.25) is 9.88 Å². The van der Waals surface area contributed by atoms with Gasteiger partial charge < -0.3 is 13.9 Å². The summed E-state index contributed by atoms with van der Waals surface area (Å²) in [4.78, 5) is 6.48. The normalized spacial score (nSPS) is 28.5. The molecule has 1 spiro atoms. The molecule has 2 aliphatic heterocycles. The minimum absolute atomic E-state index is 0.0561. The van der Waals surface area contributed by atoms with Crippen molar-refractivity contribution in [3.05, 3.63) is 48.7 Å². The zero-order valence-electron chi connectivity index (χ0n) is 12.5. The Balaban J connectivity index is 1.34. The van der Waals surface area contributed by atoms with Crippen molar-refractivity contribution in [3.63, 3.8) is 0 Å². The maximum absolute atomic E-state index is 6.12. The van der Waals surface area contributed by atoms with Crippen LogP contribution < -0.4 is 4.74 Å². The van der Waals surface area contributed by atoms with E-state index >= 15 is 0 Å². The Morgan fingerprint density at radius 2 is 2.36 bits per heavy atom. The van der Waals surface area contributed by atoms with Crippen LogP contribution in [-0.4, -0.2) is 41.3 Å². The Kier molecular flexibility index (Phi) is 3.60. The molecule has 0 aliphatic carbocycles. The quantitative estimate of drug-likeness (QED) is 0.868. The second kappa shape index (κ2) is 5.74. The van der Waals surface area contributed by atoms with Crippen LogP contribution in [-0.2, 0) is 11.3 Å². The fraction of sp³-hybridized carbons (Fsp3) is 0.471. The highest BCUT2D eigenvalue weighted by Crippen LogP contribution is 2.37. The lowest BCUT2D eigenvalue weighted by Gasteiger charge is -2.23. The number of pyridine rings is 1. The zero-order chi connectivity index (χ0) is 14.8. The Morgan fingerprint density at radius 1 is 1.36 bits per heavy atom. The molecular weight excluding hydrogens is 280 g/mol. The van der Waals surface area contributed by atoms with Gasteiger partial charge in [0.05, 0.1) is 31.2 Å². The number of rotatable bonds is 4. The van der Waals surface area contributed by atoms with Crippen molar-refractivity contribution in [1.29, 1.82) is 0 Å². The first kappa shape index (κ1) is 13.8. The summed E-state index contributed by atoms with van der Waals surface area (Å²) >= 11 is 0. The third-order valence-corrected chi connectivity index (χ3v) is 4.47. The van der Waals surface area contributed by atoms with E-state index in [1.54, 1.807) is 18.7 Å². The summed E-state index contributed by atoms with van der Waals surface area (Å²) in [6, 6.07) is 7.79. The minimum atomic E-state index is -0.0561. The Morgan fingerprint density at radius 3 is 3.18 bits per heavy atom. The third-order valence-electron chi connectivity index (χ3n) is 4.47. The van der Waals surface area contributed by atoms with Crippen LogP contribution in [0, 0.1) is 0 Å². The largest absolute Gasteiger partial charge is 0.486 e. The van der Waals surface area contributed by atoms with Gasteiger partial charge in [0.2, 0.25) is 0 Å². The van der Waals surface area contributed by atoms with Gasteiger partial charge in [0.1, 0.15) is 17.6 Å². The van der Waals surface area contributed by atoms with E-state index in [0.29, 0.717) is 6.61 Å². The molecule has 0 radical (unpaired) electrons. The van der Waals surface area contributed by atoms with Crippen molar-refractivity contribution in [2.45, 2.75) is 31.1 Å². The second-order valence-electron chi connectivity index (χ2n) is 6.17. The van der Waals surface area contributed by atoms with Crippen LogP contribution in [0.5, 0.6) is 5.75 Å². The molecule has 0 saturated carbocycles. The van der Waals surface area contributed by atoms with Gasteiger partial charge >= 0.3 is 0 Å². The predicted octanol–water partition coefficient (Wildman–Crippen LogP) is 2.49. The summed E-state index contributed by atoms with van der Waals surface area (Å²) in [6.45, 7) is 3.50. The molecule has 2 fully saturated rings. The number of aromatic nitrogens is 1. The zero-order valence-corrected chi connectivity index (χ0v) is 12.5. The Bertz CT molecular complexity index is 602.